The van der Waals surface area contributed by atoms with Gasteiger partial charge >= 0.3 is 6.11 Å². The molecule has 1 aliphatic rings. The summed E-state index contributed by atoms with van der Waals surface area (Å²) in [7, 11) is 0. The highest BCUT2D eigenvalue weighted by molar-refractivity contribution is 5.64. The van der Waals surface area contributed by atoms with Gasteiger partial charge in [0.2, 0.25) is 0 Å². The van der Waals surface area contributed by atoms with Crippen LogP contribution >= 0.6 is 0 Å². The molecule has 33 heavy (non-hydrogen) atoms. The summed E-state index contributed by atoms with van der Waals surface area (Å²) in [6.45, 7) is 0.651. The second kappa shape index (κ2) is 9.05. The Morgan fingerprint density at radius 3 is 1.91 bits per heavy atom. The fourth-order valence-electron chi connectivity index (χ4n) is 3.70. The van der Waals surface area contributed by atoms with Crippen LogP contribution in [0.15, 0.2) is 48.5 Å². The molecule has 0 N–H and O–H groups in total. The van der Waals surface area contributed by atoms with Crippen LogP contribution in [-0.2, 0) is 10.8 Å². The average Bonchev–Trinajstić information content (AvgIpc) is 2.77. The van der Waals surface area contributed by atoms with Crippen LogP contribution in [0.4, 0.5) is 30.7 Å². The van der Waals surface area contributed by atoms with Gasteiger partial charge in [-0.2, -0.15) is 8.78 Å². The first kappa shape index (κ1) is 23.1. The number of halogens is 7. The predicted octanol–water partition coefficient (Wildman–Crippen LogP) is 7.42. The van der Waals surface area contributed by atoms with Gasteiger partial charge < -0.3 is 9.47 Å². The number of rotatable bonds is 5. The topological polar surface area (TPSA) is 18.5 Å². The molecule has 1 fully saturated rings. The zero-order valence-corrected chi connectivity index (χ0v) is 17.0. The summed E-state index contributed by atoms with van der Waals surface area (Å²) in [4.78, 5) is 0. The lowest BCUT2D eigenvalue weighted by Gasteiger charge is -2.23. The molecule has 3 aromatic rings. The van der Waals surface area contributed by atoms with E-state index in [0.717, 1.165) is 24.8 Å². The minimum Gasteiger partial charge on any atom is -0.429 e. The summed E-state index contributed by atoms with van der Waals surface area (Å²) in [5.41, 5.74) is -0.469. The molecule has 2 nitrogen and oxygen atoms in total. The second-order valence-corrected chi connectivity index (χ2v) is 7.61. The van der Waals surface area contributed by atoms with E-state index in [1.54, 1.807) is 24.3 Å². The van der Waals surface area contributed by atoms with E-state index in [1.165, 1.54) is 0 Å². The Bertz CT molecular complexity index is 1110. The van der Waals surface area contributed by atoms with Crippen molar-refractivity contribution in [1.29, 1.82) is 0 Å². The van der Waals surface area contributed by atoms with E-state index in [9.17, 15) is 30.7 Å². The van der Waals surface area contributed by atoms with Gasteiger partial charge in [-0.1, -0.05) is 24.3 Å². The van der Waals surface area contributed by atoms with Crippen LogP contribution in [0.1, 0.15) is 36.5 Å². The summed E-state index contributed by atoms with van der Waals surface area (Å²) in [5.74, 6) is -9.87. The van der Waals surface area contributed by atoms with Crippen LogP contribution in [0.5, 0.6) is 5.75 Å². The molecule has 0 spiro atoms. The largest absolute Gasteiger partial charge is 0.432 e. The van der Waals surface area contributed by atoms with Crippen LogP contribution in [0.2, 0.25) is 0 Å². The van der Waals surface area contributed by atoms with Gasteiger partial charge in [0.25, 0.3) is 0 Å². The molecule has 4 rings (SSSR count). The molecule has 0 radical (unpaired) electrons. The van der Waals surface area contributed by atoms with E-state index in [-0.39, 0.29) is 23.8 Å². The van der Waals surface area contributed by atoms with Crippen molar-refractivity contribution in [1.82, 2.24) is 0 Å². The van der Waals surface area contributed by atoms with Gasteiger partial charge in [0.15, 0.2) is 17.5 Å². The standard InChI is InChI=1S/C24H17F7O2/c25-17-9-15(13-4-6-14(7-5-13)21-3-1-2-8-32-21)10-18(26)22(17)24(30,31)33-16-11-19(27)23(29)20(28)12-16/h4-7,9-12,21H,1-3,8H2. The van der Waals surface area contributed by atoms with E-state index in [0.29, 0.717) is 24.3 Å². The van der Waals surface area contributed by atoms with Gasteiger partial charge in [-0.25, -0.2) is 22.0 Å². The maximum Gasteiger partial charge on any atom is 0.432 e. The van der Waals surface area contributed by atoms with E-state index in [2.05, 4.69) is 4.74 Å². The van der Waals surface area contributed by atoms with Crippen molar-refractivity contribution in [2.75, 3.05) is 6.61 Å². The normalized spacial score (nSPS) is 16.6. The van der Waals surface area contributed by atoms with Crippen molar-refractivity contribution in [3.63, 3.8) is 0 Å². The van der Waals surface area contributed by atoms with Crippen molar-refractivity contribution in [2.24, 2.45) is 0 Å². The maximum atomic E-state index is 14.6. The van der Waals surface area contributed by atoms with Crippen molar-refractivity contribution in [3.05, 3.63) is 88.7 Å². The number of alkyl halides is 2. The second-order valence-electron chi connectivity index (χ2n) is 7.61. The monoisotopic (exact) mass is 470 g/mol. The Labute approximate surface area is 184 Å². The minimum atomic E-state index is -4.63. The van der Waals surface area contributed by atoms with Gasteiger partial charge in [-0.15, -0.1) is 0 Å². The molecule has 3 aromatic carbocycles. The van der Waals surface area contributed by atoms with Crippen LogP contribution in [0.3, 0.4) is 0 Å². The summed E-state index contributed by atoms with van der Waals surface area (Å²) < 4.78 is 107. The molecule has 174 valence electrons. The zero-order valence-electron chi connectivity index (χ0n) is 17.0. The highest BCUT2D eigenvalue weighted by atomic mass is 19.3. The summed E-state index contributed by atoms with van der Waals surface area (Å²) in [6, 6.07) is 8.37. The lowest BCUT2D eigenvalue weighted by Crippen LogP contribution is -2.25. The van der Waals surface area contributed by atoms with E-state index >= 15 is 0 Å². The van der Waals surface area contributed by atoms with Gasteiger partial charge in [-0.05, 0) is 48.1 Å². The van der Waals surface area contributed by atoms with Crippen molar-refractivity contribution in [2.45, 2.75) is 31.5 Å². The van der Waals surface area contributed by atoms with E-state index in [1.807, 2.05) is 0 Å². The molecule has 0 aliphatic carbocycles. The predicted molar refractivity (Wildman–Crippen MR) is 105 cm³/mol. The quantitative estimate of drug-likeness (QED) is 0.285. The fraction of sp³-hybridized carbons (Fsp3) is 0.250. The van der Waals surface area contributed by atoms with Gasteiger partial charge in [-0.3, -0.25) is 0 Å². The molecular formula is C24H17F7O2. The third-order valence-corrected chi connectivity index (χ3v) is 5.33. The molecule has 1 heterocycles. The molecule has 1 atom stereocenters. The summed E-state index contributed by atoms with van der Waals surface area (Å²) in [6.07, 6.45) is -1.84. The summed E-state index contributed by atoms with van der Waals surface area (Å²) >= 11 is 0. The van der Waals surface area contributed by atoms with Gasteiger partial charge in [0.1, 0.15) is 22.9 Å². The van der Waals surface area contributed by atoms with E-state index < -0.39 is 46.5 Å². The molecule has 0 amide bonds. The highest BCUT2D eigenvalue weighted by Gasteiger charge is 2.41. The first-order valence-corrected chi connectivity index (χ1v) is 10.1. The molecule has 1 saturated heterocycles. The Hall–Kier alpha value is -3.07. The maximum absolute atomic E-state index is 14.6. The number of benzene rings is 3. The molecular weight excluding hydrogens is 453 g/mol. The lowest BCUT2D eigenvalue weighted by molar-refractivity contribution is -0.189. The minimum absolute atomic E-state index is 0.000432. The molecule has 0 bridgehead atoms. The molecule has 0 saturated carbocycles. The summed E-state index contributed by atoms with van der Waals surface area (Å²) in [5, 5.41) is 0. The first-order chi connectivity index (χ1) is 15.7. The van der Waals surface area contributed by atoms with Crippen molar-refractivity contribution in [3.8, 4) is 16.9 Å². The van der Waals surface area contributed by atoms with Crippen LogP contribution in [0.25, 0.3) is 11.1 Å². The smallest absolute Gasteiger partial charge is 0.429 e. The third-order valence-electron chi connectivity index (χ3n) is 5.33. The highest BCUT2D eigenvalue weighted by Crippen LogP contribution is 2.38. The number of hydrogen-bond acceptors (Lipinski definition) is 2. The van der Waals surface area contributed by atoms with Crippen LogP contribution in [-0.4, -0.2) is 6.61 Å². The zero-order chi connectivity index (χ0) is 23.8. The molecule has 0 aromatic heterocycles. The molecule has 9 heteroatoms. The van der Waals surface area contributed by atoms with E-state index in [4.69, 9.17) is 4.74 Å². The third kappa shape index (κ3) is 4.83. The Balaban J connectivity index is 1.60. The lowest BCUT2D eigenvalue weighted by atomic mass is 9.97. The average molecular weight is 470 g/mol. The van der Waals surface area contributed by atoms with Crippen molar-refractivity contribution < 1.29 is 40.2 Å². The van der Waals surface area contributed by atoms with Crippen molar-refractivity contribution >= 4 is 0 Å². The molecule has 1 unspecified atom stereocenters. The van der Waals surface area contributed by atoms with Gasteiger partial charge in [0.05, 0.1) is 6.10 Å². The number of ether oxygens (including phenoxy) is 2. The fourth-order valence-corrected chi connectivity index (χ4v) is 3.70. The van der Waals surface area contributed by atoms with Gasteiger partial charge in [0, 0.05) is 18.7 Å². The van der Waals surface area contributed by atoms with Crippen LogP contribution in [0, 0.1) is 29.1 Å². The Kier molecular flexibility index (Phi) is 6.34. The molecule has 1 aliphatic heterocycles. The SMILES string of the molecule is Fc1cc(OC(F)(F)c2c(F)cc(-c3ccc(C4CCCCO4)cc3)cc2F)cc(F)c1F. The van der Waals surface area contributed by atoms with Crippen LogP contribution < -0.4 is 4.74 Å². The number of hydrogen-bond donors (Lipinski definition) is 0. The first-order valence-electron chi connectivity index (χ1n) is 10.1. The Morgan fingerprint density at radius 2 is 1.36 bits per heavy atom. The Morgan fingerprint density at radius 1 is 0.758 bits per heavy atom.